The zero-order chi connectivity index (χ0) is 28.1. The Kier molecular flexibility index (Phi) is 7.67. The molecule has 8 nitrogen and oxygen atoms in total. The summed E-state index contributed by atoms with van der Waals surface area (Å²) in [7, 11) is -1.70. The smallest absolute Gasteiger partial charge is 0.264 e. The predicted molar refractivity (Wildman–Crippen MR) is 150 cm³/mol. The molecule has 0 saturated carbocycles. The summed E-state index contributed by atoms with van der Waals surface area (Å²) < 4.78 is 22.7. The molecule has 1 spiro atoms. The number of benzene rings is 1. The van der Waals surface area contributed by atoms with Crippen molar-refractivity contribution in [3.8, 4) is 0 Å². The van der Waals surface area contributed by atoms with Gasteiger partial charge in [-0.15, -0.1) is 0 Å². The normalized spacial score (nSPS) is 31.7. The van der Waals surface area contributed by atoms with Crippen LogP contribution in [0.1, 0.15) is 63.9 Å². The van der Waals surface area contributed by atoms with E-state index in [1.807, 2.05) is 30.0 Å². The Morgan fingerprint density at radius 1 is 1.15 bits per heavy atom. The van der Waals surface area contributed by atoms with Gasteiger partial charge in [-0.05, 0) is 57.0 Å². The lowest BCUT2D eigenvalue weighted by Crippen LogP contribution is -2.44. The van der Waals surface area contributed by atoms with E-state index in [1.165, 1.54) is 0 Å². The van der Waals surface area contributed by atoms with Gasteiger partial charge in [-0.1, -0.05) is 19.8 Å². The van der Waals surface area contributed by atoms with Crippen LogP contribution in [-0.2, 0) is 24.7 Å². The van der Waals surface area contributed by atoms with Crippen molar-refractivity contribution in [2.45, 2.75) is 94.7 Å². The molecule has 0 radical (unpaired) electrons. The first-order valence-corrected chi connectivity index (χ1v) is 17.5. The SMILES string of the molecule is C[C@H]1[C@H]([Si](C)(C)F)[C@@H](CC(=O)N2CCC[C@H]2CO)O[C@]12C(=O)N(C)c1ccc(N3CCCCCCC3=O)cc12. The number of rotatable bonds is 5. The number of hydrogen-bond acceptors (Lipinski definition) is 5. The molecule has 3 amide bonds. The minimum absolute atomic E-state index is 0.0236. The summed E-state index contributed by atoms with van der Waals surface area (Å²) in [6.07, 6.45) is 5.19. The van der Waals surface area contributed by atoms with Gasteiger partial charge in [0.1, 0.15) is 0 Å². The predicted octanol–water partition coefficient (Wildman–Crippen LogP) is 4.11. The van der Waals surface area contributed by atoms with Crippen LogP contribution in [0.5, 0.6) is 0 Å². The Morgan fingerprint density at radius 2 is 1.90 bits per heavy atom. The van der Waals surface area contributed by atoms with Crippen molar-refractivity contribution in [2.75, 3.05) is 36.5 Å². The van der Waals surface area contributed by atoms with Crippen molar-refractivity contribution in [3.63, 3.8) is 0 Å². The molecule has 1 aromatic carbocycles. The molecule has 3 saturated heterocycles. The van der Waals surface area contributed by atoms with Crippen molar-refractivity contribution < 1.29 is 28.3 Å². The summed E-state index contributed by atoms with van der Waals surface area (Å²) in [6, 6.07) is 5.41. The number of aliphatic hydroxyl groups excluding tert-OH is 1. The molecule has 0 aliphatic carbocycles. The van der Waals surface area contributed by atoms with Crippen molar-refractivity contribution >= 4 is 37.5 Å². The van der Waals surface area contributed by atoms with Gasteiger partial charge in [0.2, 0.25) is 20.2 Å². The molecule has 3 fully saturated rings. The zero-order valence-corrected chi connectivity index (χ0v) is 24.6. The van der Waals surface area contributed by atoms with Crippen LogP contribution in [0.2, 0.25) is 18.6 Å². The highest BCUT2D eigenvalue weighted by atomic mass is 28.4. The number of aliphatic hydroxyl groups is 1. The highest BCUT2D eigenvalue weighted by molar-refractivity contribution is 6.72. The number of fused-ring (bicyclic) bond motifs is 2. The van der Waals surface area contributed by atoms with E-state index in [0.717, 1.165) is 44.2 Å². The van der Waals surface area contributed by atoms with E-state index in [9.17, 15) is 19.5 Å². The van der Waals surface area contributed by atoms with Crippen LogP contribution in [0.4, 0.5) is 15.5 Å². The highest BCUT2D eigenvalue weighted by Gasteiger charge is 2.66. The maximum Gasteiger partial charge on any atom is 0.264 e. The van der Waals surface area contributed by atoms with Gasteiger partial charge in [-0.25, -0.2) is 0 Å². The third kappa shape index (κ3) is 4.72. The number of anilines is 2. The number of carbonyl (C=O) groups excluding carboxylic acids is 3. The molecule has 10 heteroatoms. The van der Waals surface area contributed by atoms with Crippen LogP contribution in [0.15, 0.2) is 18.2 Å². The summed E-state index contributed by atoms with van der Waals surface area (Å²) in [6.45, 7) is 6.22. The summed E-state index contributed by atoms with van der Waals surface area (Å²) in [5.41, 5.74) is 0.0854. The van der Waals surface area contributed by atoms with Gasteiger partial charge in [0.25, 0.3) is 5.91 Å². The van der Waals surface area contributed by atoms with E-state index in [1.54, 1.807) is 29.9 Å². The molecule has 0 unspecified atom stereocenters. The summed E-state index contributed by atoms with van der Waals surface area (Å²) >= 11 is 0. The molecule has 5 atom stereocenters. The Balaban J connectivity index is 1.53. The van der Waals surface area contributed by atoms with E-state index in [0.29, 0.717) is 30.8 Å². The molecule has 4 aliphatic rings. The van der Waals surface area contributed by atoms with E-state index in [2.05, 4.69) is 0 Å². The Hall–Kier alpha value is -2.30. The number of hydrogen-bond donors (Lipinski definition) is 1. The average molecular weight is 560 g/mol. The highest BCUT2D eigenvalue weighted by Crippen LogP contribution is 2.60. The minimum atomic E-state index is -3.40. The zero-order valence-electron chi connectivity index (χ0n) is 23.6. The number of nitrogens with zero attached hydrogens (tertiary/aromatic N) is 3. The fourth-order valence-corrected chi connectivity index (χ4v) is 10.1. The first-order chi connectivity index (χ1) is 18.5. The second-order valence-corrected chi connectivity index (χ2v) is 16.1. The summed E-state index contributed by atoms with van der Waals surface area (Å²) in [4.78, 5) is 45.5. The Bertz CT molecular complexity index is 1140. The van der Waals surface area contributed by atoms with E-state index in [-0.39, 0.29) is 36.8 Å². The molecule has 39 heavy (non-hydrogen) atoms. The molecular weight excluding hydrogens is 517 g/mol. The van der Waals surface area contributed by atoms with Crippen LogP contribution in [0.3, 0.4) is 0 Å². The second kappa shape index (κ2) is 10.6. The first kappa shape index (κ1) is 28.2. The quantitative estimate of drug-likeness (QED) is 0.433. The first-order valence-electron chi connectivity index (χ1n) is 14.5. The number of likely N-dealkylation sites (N-methyl/N-ethyl adjacent to an activating group) is 1. The average Bonchev–Trinajstić information content (AvgIpc) is 3.53. The lowest BCUT2D eigenvalue weighted by atomic mass is 9.82. The third-order valence-corrected chi connectivity index (χ3v) is 12.0. The Labute approximate surface area is 231 Å². The van der Waals surface area contributed by atoms with Crippen molar-refractivity contribution in [1.82, 2.24) is 4.90 Å². The fraction of sp³-hybridized carbons (Fsp3) is 0.690. The molecule has 5 rings (SSSR count). The van der Waals surface area contributed by atoms with Gasteiger partial charge >= 0.3 is 0 Å². The van der Waals surface area contributed by atoms with Crippen molar-refractivity contribution in [2.24, 2.45) is 5.92 Å². The standard InChI is InChI=1S/C29H42FN3O5Si/c1-19-27(39(3,4)30)24(17-26(36)33-15-9-10-21(33)18-34)38-29(19)22-16-20(12-13-23(22)31(2)28(29)37)32-14-8-6-5-7-11-25(32)35/h12-13,16,19,21,24,27,34H,5-11,14-15,17-18H2,1-4H3/t19-,21-,24+,27-,29+/m0/s1. The maximum atomic E-state index is 16.0. The number of carbonyl (C=O) groups is 3. The van der Waals surface area contributed by atoms with Gasteiger partial charge in [0.15, 0.2) is 5.60 Å². The van der Waals surface area contributed by atoms with Gasteiger partial charge < -0.3 is 28.7 Å². The third-order valence-electron chi connectivity index (χ3n) is 9.49. The van der Waals surface area contributed by atoms with Crippen molar-refractivity contribution in [3.05, 3.63) is 23.8 Å². The van der Waals surface area contributed by atoms with Gasteiger partial charge in [0.05, 0.1) is 30.9 Å². The van der Waals surface area contributed by atoms with Crippen LogP contribution in [-0.4, -0.2) is 75.0 Å². The van der Waals surface area contributed by atoms with Gasteiger partial charge in [0, 0.05) is 49.3 Å². The Morgan fingerprint density at radius 3 is 2.62 bits per heavy atom. The molecule has 0 bridgehead atoms. The maximum absolute atomic E-state index is 16.0. The van der Waals surface area contributed by atoms with Crippen LogP contribution in [0, 0.1) is 5.92 Å². The molecule has 1 N–H and O–H groups in total. The van der Waals surface area contributed by atoms with Crippen molar-refractivity contribution in [1.29, 1.82) is 0 Å². The van der Waals surface area contributed by atoms with Crippen LogP contribution >= 0.6 is 0 Å². The van der Waals surface area contributed by atoms with E-state index >= 15 is 4.11 Å². The second-order valence-electron chi connectivity index (χ2n) is 12.3. The molecule has 4 aliphatic heterocycles. The monoisotopic (exact) mass is 559 g/mol. The number of likely N-dealkylation sites (tertiary alicyclic amines) is 1. The lowest BCUT2D eigenvalue weighted by molar-refractivity contribution is -0.149. The van der Waals surface area contributed by atoms with Crippen LogP contribution in [0.25, 0.3) is 0 Å². The molecule has 0 aromatic heterocycles. The lowest BCUT2D eigenvalue weighted by Gasteiger charge is -2.31. The number of ether oxygens (including phenoxy) is 1. The summed E-state index contributed by atoms with van der Waals surface area (Å²) in [5, 5.41) is 9.74. The van der Waals surface area contributed by atoms with E-state index in [4.69, 9.17) is 4.74 Å². The molecule has 1 aromatic rings. The topological polar surface area (TPSA) is 90.4 Å². The van der Waals surface area contributed by atoms with E-state index < -0.39 is 31.6 Å². The largest absolute Gasteiger partial charge is 0.394 e. The van der Waals surface area contributed by atoms with Crippen LogP contribution < -0.4 is 9.80 Å². The van der Waals surface area contributed by atoms with Gasteiger partial charge in [-0.2, -0.15) is 0 Å². The summed E-state index contributed by atoms with van der Waals surface area (Å²) in [5.74, 6) is -0.843. The molecule has 4 heterocycles. The minimum Gasteiger partial charge on any atom is -0.394 e. The number of halogens is 1. The molecule has 214 valence electrons. The van der Waals surface area contributed by atoms with Gasteiger partial charge in [-0.3, -0.25) is 14.4 Å². The fourth-order valence-electron chi connectivity index (χ4n) is 7.58. The number of amides is 3. The molecular formula is C29H42FN3O5Si.